The summed E-state index contributed by atoms with van der Waals surface area (Å²) >= 11 is 1.09. The third-order valence-electron chi connectivity index (χ3n) is 1.80. The van der Waals surface area contributed by atoms with E-state index in [0.717, 1.165) is 24.0 Å². The summed E-state index contributed by atoms with van der Waals surface area (Å²) in [5, 5.41) is 2.75. The van der Waals surface area contributed by atoms with Gasteiger partial charge < -0.3 is 8.37 Å². The normalized spacial score (nSPS) is 12.3. The lowest BCUT2D eigenvalue weighted by atomic mass is 10.4. The molecule has 0 unspecified atom stereocenters. The predicted molar refractivity (Wildman–Crippen MR) is 69.1 cm³/mol. The van der Waals surface area contributed by atoms with E-state index in [-0.39, 0.29) is 17.3 Å². The number of thiophene rings is 1. The summed E-state index contributed by atoms with van der Waals surface area (Å²) in [4.78, 5) is 0. The summed E-state index contributed by atoms with van der Waals surface area (Å²) in [5.74, 6) is -0.318. The minimum absolute atomic E-state index is 0.0958. The van der Waals surface area contributed by atoms with Crippen molar-refractivity contribution in [2.45, 2.75) is 19.8 Å². The highest BCUT2D eigenvalue weighted by molar-refractivity contribution is 7.87. The van der Waals surface area contributed by atoms with Crippen LogP contribution in [0.5, 0.6) is 11.5 Å². The van der Waals surface area contributed by atoms with Crippen molar-refractivity contribution in [1.29, 1.82) is 0 Å². The molecule has 0 aliphatic heterocycles. The van der Waals surface area contributed by atoms with Crippen LogP contribution in [-0.4, -0.2) is 28.8 Å². The summed E-state index contributed by atoms with van der Waals surface area (Å²) in [5.41, 5.74) is 0. The van der Waals surface area contributed by atoms with Crippen LogP contribution >= 0.6 is 11.3 Å². The van der Waals surface area contributed by atoms with Crippen molar-refractivity contribution in [2.24, 2.45) is 0 Å². The molecule has 6 nitrogen and oxygen atoms in total. The summed E-state index contributed by atoms with van der Waals surface area (Å²) < 4.78 is 54.5. The van der Waals surface area contributed by atoms with Gasteiger partial charge in [-0.15, -0.1) is 11.3 Å². The van der Waals surface area contributed by atoms with Gasteiger partial charge in [0.25, 0.3) is 0 Å². The smallest absolute Gasteiger partial charge is 0.309 e. The fraction of sp³-hybridized carbons (Fsp3) is 0.556. The maximum absolute atomic E-state index is 11.6. The van der Waals surface area contributed by atoms with Gasteiger partial charge in [-0.2, -0.15) is 16.8 Å². The van der Waals surface area contributed by atoms with E-state index in [9.17, 15) is 16.8 Å². The first-order chi connectivity index (χ1) is 8.23. The van der Waals surface area contributed by atoms with Crippen molar-refractivity contribution in [2.75, 3.05) is 12.0 Å². The highest BCUT2D eigenvalue weighted by Crippen LogP contribution is 2.33. The van der Waals surface area contributed by atoms with Crippen molar-refractivity contribution in [3.63, 3.8) is 0 Å². The minimum Gasteiger partial charge on any atom is -0.378 e. The first-order valence-corrected chi connectivity index (χ1v) is 9.45. The maximum Gasteiger partial charge on any atom is 0.309 e. The van der Waals surface area contributed by atoms with E-state index < -0.39 is 20.2 Å². The largest absolute Gasteiger partial charge is 0.378 e. The molecule has 0 saturated carbocycles. The number of hydrogen-bond acceptors (Lipinski definition) is 7. The molecule has 0 saturated heterocycles. The molecule has 1 heterocycles. The molecule has 0 radical (unpaired) electrons. The van der Waals surface area contributed by atoms with Crippen LogP contribution in [0.1, 0.15) is 19.8 Å². The molecule has 1 aromatic heterocycles. The zero-order valence-corrected chi connectivity index (χ0v) is 12.4. The van der Waals surface area contributed by atoms with Crippen LogP contribution in [0, 0.1) is 0 Å². The van der Waals surface area contributed by atoms with Crippen molar-refractivity contribution in [1.82, 2.24) is 0 Å². The van der Waals surface area contributed by atoms with Crippen LogP contribution in [0.2, 0.25) is 0 Å². The topological polar surface area (TPSA) is 86.7 Å². The Hall–Kier alpha value is -0.800. The van der Waals surface area contributed by atoms with Crippen LogP contribution in [0.4, 0.5) is 0 Å². The second-order valence-electron chi connectivity index (χ2n) is 3.59. The fourth-order valence-electron chi connectivity index (χ4n) is 1.06. The van der Waals surface area contributed by atoms with Gasteiger partial charge in [-0.25, -0.2) is 0 Å². The molecule has 104 valence electrons. The van der Waals surface area contributed by atoms with Crippen molar-refractivity contribution in [3.05, 3.63) is 10.8 Å². The summed E-state index contributed by atoms with van der Waals surface area (Å²) in [6, 6.07) is 0. The van der Waals surface area contributed by atoms with Crippen LogP contribution in [0.15, 0.2) is 10.8 Å². The monoisotopic (exact) mass is 314 g/mol. The molecular weight excluding hydrogens is 300 g/mol. The molecular formula is C9H14O6S3. The Morgan fingerprint density at radius 2 is 1.67 bits per heavy atom. The number of rotatable bonds is 7. The van der Waals surface area contributed by atoms with Gasteiger partial charge in [0, 0.05) is 10.8 Å². The quantitative estimate of drug-likeness (QED) is 0.710. The van der Waals surface area contributed by atoms with E-state index in [1.807, 2.05) is 6.92 Å². The zero-order chi connectivity index (χ0) is 13.8. The standard InChI is InChI=1S/C9H14O6S3/c1-3-4-5-18(12,13)15-9-7-16-6-8(9)14-17(2,10)11/h6-7H,3-5H2,1-2H3. The van der Waals surface area contributed by atoms with Crippen LogP contribution < -0.4 is 8.37 Å². The molecule has 0 N–H and O–H groups in total. The Balaban J connectivity index is 2.83. The summed E-state index contributed by atoms with van der Waals surface area (Å²) in [6.45, 7) is 1.86. The molecule has 0 atom stereocenters. The molecule has 0 aliphatic carbocycles. The van der Waals surface area contributed by atoms with Gasteiger partial charge in [0.2, 0.25) is 0 Å². The number of hydrogen-bond donors (Lipinski definition) is 0. The molecule has 0 amide bonds. The third kappa shape index (κ3) is 5.23. The Labute approximate surface area is 111 Å². The average molecular weight is 314 g/mol. The lowest BCUT2D eigenvalue weighted by Crippen LogP contribution is -2.14. The summed E-state index contributed by atoms with van der Waals surface area (Å²) in [6.07, 6.45) is 2.08. The Morgan fingerprint density at radius 3 is 2.17 bits per heavy atom. The second kappa shape index (κ2) is 5.89. The Morgan fingerprint density at radius 1 is 1.11 bits per heavy atom. The van der Waals surface area contributed by atoms with Gasteiger partial charge in [0.1, 0.15) is 0 Å². The predicted octanol–water partition coefficient (Wildman–Crippen LogP) is 1.60. The molecule has 9 heteroatoms. The van der Waals surface area contributed by atoms with E-state index >= 15 is 0 Å². The minimum atomic E-state index is -3.71. The average Bonchev–Trinajstić information content (AvgIpc) is 2.59. The fourth-order valence-corrected chi connectivity index (χ4v) is 3.41. The van der Waals surface area contributed by atoms with E-state index in [1.54, 1.807) is 0 Å². The number of unbranched alkanes of at least 4 members (excludes halogenated alkanes) is 1. The van der Waals surface area contributed by atoms with E-state index in [2.05, 4.69) is 4.18 Å². The van der Waals surface area contributed by atoms with Gasteiger partial charge in [-0.3, -0.25) is 0 Å². The highest BCUT2D eigenvalue weighted by atomic mass is 32.2. The molecule has 0 spiro atoms. The van der Waals surface area contributed by atoms with E-state index in [4.69, 9.17) is 4.18 Å². The van der Waals surface area contributed by atoms with Crippen LogP contribution in [0.3, 0.4) is 0 Å². The van der Waals surface area contributed by atoms with E-state index in [1.165, 1.54) is 10.8 Å². The van der Waals surface area contributed by atoms with Crippen molar-refractivity contribution >= 4 is 31.6 Å². The van der Waals surface area contributed by atoms with Gasteiger partial charge in [-0.1, -0.05) is 13.3 Å². The van der Waals surface area contributed by atoms with Crippen LogP contribution in [-0.2, 0) is 20.2 Å². The van der Waals surface area contributed by atoms with Crippen molar-refractivity contribution in [3.8, 4) is 11.5 Å². The molecule has 1 rings (SSSR count). The Bertz CT molecular complexity index is 584. The van der Waals surface area contributed by atoms with Gasteiger partial charge >= 0.3 is 20.2 Å². The maximum atomic E-state index is 11.6. The first-order valence-electron chi connectivity index (χ1n) is 5.11. The first kappa shape index (κ1) is 15.3. The highest BCUT2D eigenvalue weighted by Gasteiger charge is 2.18. The molecule has 0 fully saturated rings. The van der Waals surface area contributed by atoms with Gasteiger partial charge in [0.05, 0.1) is 12.0 Å². The SMILES string of the molecule is CCCCS(=O)(=O)Oc1cscc1OS(C)(=O)=O. The molecule has 1 aromatic rings. The Kier molecular flexibility index (Phi) is 5.00. The van der Waals surface area contributed by atoms with E-state index in [0.29, 0.717) is 6.42 Å². The lowest BCUT2D eigenvalue weighted by molar-refractivity contribution is 0.453. The summed E-state index contributed by atoms with van der Waals surface area (Å²) in [7, 11) is -7.42. The van der Waals surface area contributed by atoms with Gasteiger partial charge in [0.15, 0.2) is 11.5 Å². The third-order valence-corrected chi connectivity index (χ3v) is 4.20. The molecule has 0 aliphatic rings. The zero-order valence-electron chi connectivity index (χ0n) is 9.95. The van der Waals surface area contributed by atoms with Gasteiger partial charge in [-0.05, 0) is 6.42 Å². The van der Waals surface area contributed by atoms with Crippen LogP contribution in [0.25, 0.3) is 0 Å². The molecule has 0 bridgehead atoms. The molecule has 0 aromatic carbocycles. The molecule has 18 heavy (non-hydrogen) atoms. The lowest BCUT2D eigenvalue weighted by Gasteiger charge is -2.07. The second-order valence-corrected chi connectivity index (χ2v) is 7.60. The van der Waals surface area contributed by atoms with Crippen molar-refractivity contribution < 1.29 is 25.2 Å².